The highest BCUT2D eigenvalue weighted by Gasteiger charge is 2.02. The molecular weight excluding hydrogens is 202 g/mol. The summed E-state index contributed by atoms with van der Waals surface area (Å²) >= 11 is 1.72. The molecule has 1 nitrogen and oxygen atoms in total. The van der Waals surface area contributed by atoms with Crippen molar-refractivity contribution in [3.63, 3.8) is 0 Å². The minimum absolute atomic E-state index is 1.09. The molecule has 0 saturated heterocycles. The minimum atomic E-state index is 1.09. The minimum Gasteiger partial charge on any atom is -0.245 e. The summed E-state index contributed by atoms with van der Waals surface area (Å²) in [6.45, 7) is 2.19. The van der Waals surface area contributed by atoms with Crippen LogP contribution < -0.4 is 0 Å². The number of aryl methyl sites for hydroxylation is 1. The highest BCUT2D eigenvalue weighted by atomic mass is 32.1. The number of aromatic nitrogens is 1. The molecule has 0 unspecified atom stereocenters. The van der Waals surface area contributed by atoms with Gasteiger partial charge in [0.15, 0.2) is 0 Å². The van der Waals surface area contributed by atoms with Gasteiger partial charge >= 0.3 is 0 Å². The fourth-order valence-corrected chi connectivity index (χ4v) is 2.75. The van der Waals surface area contributed by atoms with E-state index in [2.05, 4.69) is 42.2 Å². The zero-order chi connectivity index (χ0) is 10.3. The first-order valence-electron chi connectivity index (χ1n) is 5.13. The predicted octanol–water partition coefficient (Wildman–Crippen LogP) is 4.01. The lowest BCUT2D eigenvalue weighted by Gasteiger charge is -2.01. The van der Waals surface area contributed by atoms with Gasteiger partial charge in [0.1, 0.15) is 0 Å². The van der Waals surface area contributed by atoms with Crippen molar-refractivity contribution >= 4 is 32.3 Å². The summed E-state index contributed by atoms with van der Waals surface area (Å²) in [4.78, 5) is 4.33. The Labute approximate surface area is 92.4 Å². The van der Waals surface area contributed by atoms with Gasteiger partial charge in [0.2, 0.25) is 0 Å². The molecule has 0 aliphatic carbocycles. The van der Waals surface area contributed by atoms with Gasteiger partial charge in [-0.15, -0.1) is 11.3 Å². The van der Waals surface area contributed by atoms with Crippen LogP contribution in [0.2, 0.25) is 0 Å². The third kappa shape index (κ3) is 1.33. The molecule has 74 valence electrons. The van der Waals surface area contributed by atoms with Crippen LogP contribution in [0.25, 0.3) is 21.0 Å². The highest BCUT2D eigenvalue weighted by molar-refractivity contribution is 7.17. The molecule has 3 aromatic rings. The average Bonchev–Trinajstić information content (AvgIpc) is 2.76. The summed E-state index contributed by atoms with van der Waals surface area (Å²) < 4.78 is 1.30. The van der Waals surface area contributed by atoms with Crippen molar-refractivity contribution in [2.24, 2.45) is 0 Å². The van der Waals surface area contributed by atoms with Gasteiger partial charge in [-0.25, -0.2) is 4.98 Å². The van der Waals surface area contributed by atoms with E-state index in [0.717, 1.165) is 11.9 Å². The van der Waals surface area contributed by atoms with Gasteiger partial charge in [0.25, 0.3) is 0 Å². The average molecular weight is 213 g/mol. The van der Waals surface area contributed by atoms with Gasteiger partial charge in [0, 0.05) is 5.39 Å². The van der Waals surface area contributed by atoms with Crippen LogP contribution in [0.15, 0.2) is 35.8 Å². The van der Waals surface area contributed by atoms with Gasteiger partial charge in [-0.2, -0.15) is 0 Å². The smallest absolute Gasteiger partial charge is 0.0818 e. The molecule has 0 radical (unpaired) electrons. The molecule has 1 aromatic heterocycles. The van der Waals surface area contributed by atoms with Crippen molar-refractivity contribution in [3.05, 3.63) is 41.4 Å². The standard InChI is InChI=1S/C13H11NS/c1-2-9-3-5-11-10(7-9)4-6-12-13(11)15-8-14-12/h3-8H,2H2,1H3. The van der Waals surface area contributed by atoms with Crippen LogP contribution >= 0.6 is 11.3 Å². The third-order valence-electron chi connectivity index (χ3n) is 2.78. The monoisotopic (exact) mass is 213 g/mol. The lowest BCUT2D eigenvalue weighted by molar-refractivity contribution is 1.15. The number of fused-ring (bicyclic) bond motifs is 3. The second-order valence-electron chi connectivity index (χ2n) is 3.68. The van der Waals surface area contributed by atoms with Crippen LogP contribution in [-0.2, 0) is 6.42 Å². The fourth-order valence-electron chi connectivity index (χ4n) is 1.92. The summed E-state index contributed by atoms with van der Waals surface area (Å²) in [6, 6.07) is 11.0. The highest BCUT2D eigenvalue weighted by Crippen LogP contribution is 2.28. The van der Waals surface area contributed by atoms with Crippen molar-refractivity contribution in [2.75, 3.05) is 0 Å². The van der Waals surface area contributed by atoms with E-state index in [-0.39, 0.29) is 0 Å². The van der Waals surface area contributed by atoms with Crippen LogP contribution in [0, 0.1) is 0 Å². The normalized spacial score (nSPS) is 11.3. The topological polar surface area (TPSA) is 12.9 Å². The third-order valence-corrected chi connectivity index (χ3v) is 3.66. The zero-order valence-corrected chi connectivity index (χ0v) is 9.34. The fraction of sp³-hybridized carbons (Fsp3) is 0.154. The molecule has 1 heterocycles. The first-order chi connectivity index (χ1) is 7.38. The second kappa shape index (κ2) is 3.31. The van der Waals surface area contributed by atoms with E-state index >= 15 is 0 Å². The Hall–Kier alpha value is -1.41. The van der Waals surface area contributed by atoms with E-state index in [4.69, 9.17) is 0 Å². The van der Waals surface area contributed by atoms with Gasteiger partial charge in [-0.1, -0.05) is 31.2 Å². The largest absolute Gasteiger partial charge is 0.245 e. The van der Waals surface area contributed by atoms with Gasteiger partial charge in [-0.3, -0.25) is 0 Å². The second-order valence-corrected chi connectivity index (χ2v) is 4.53. The van der Waals surface area contributed by atoms with E-state index in [1.165, 1.54) is 21.0 Å². The summed E-state index contributed by atoms with van der Waals surface area (Å²) in [5, 5.41) is 2.65. The molecule has 2 aromatic carbocycles. The van der Waals surface area contributed by atoms with Gasteiger partial charge in [-0.05, 0) is 23.4 Å². The molecule has 3 rings (SSSR count). The molecule has 0 atom stereocenters. The molecule has 0 fully saturated rings. The molecule has 0 aliphatic rings. The number of hydrogen-bond acceptors (Lipinski definition) is 2. The van der Waals surface area contributed by atoms with E-state index in [0.29, 0.717) is 0 Å². The van der Waals surface area contributed by atoms with E-state index in [9.17, 15) is 0 Å². The summed E-state index contributed by atoms with van der Waals surface area (Å²) in [6.07, 6.45) is 1.09. The molecule has 0 bridgehead atoms. The number of rotatable bonds is 1. The Morgan fingerprint density at radius 2 is 2.13 bits per heavy atom. The Morgan fingerprint density at radius 1 is 1.20 bits per heavy atom. The summed E-state index contributed by atoms with van der Waals surface area (Å²) in [5.74, 6) is 0. The molecule has 2 heteroatoms. The number of hydrogen-bond donors (Lipinski definition) is 0. The van der Waals surface area contributed by atoms with Crippen LogP contribution in [-0.4, -0.2) is 4.98 Å². The maximum Gasteiger partial charge on any atom is 0.0818 e. The molecule has 0 spiro atoms. The quantitative estimate of drug-likeness (QED) is 0.595. The lowest BCUT2D eigenvalue weighted by Crippen LogP contribution is -1.80. The van der Waals surface area contributed by atoms with Crippen molar-refractivity contribution < 1.29 is 0 Å². The van der Waals surface area contributed by atoms with Crippen molar-refractivity contribution in [2.45, 2.75) is 13.3 Å². The molecule has 15 heavy (non-hydrogen) atoms. The first-order valence-corrected chi connectivity index (χ1v) is 6.01. The van der Waals surface area contributed by atoms with Crippen LogP contribution in [0.5, 0.6) is 0 Å². The zero-order valence-electron chi connectivity index (χ0n) is 8.53. The number of benzene rings is 2. The predicted molar refractivity (Wildman–Crippen MR) is 66.5 cm³/mol. The van der Waals surface area contributed by atoms with Gasteiger partial charge in [0.05, 0.1) is 15.7 Å². The molecule has 0 N–H and O–H groups in total. The number of thiazole rings is 1. The summed E-state index contributed by atoms with van der Waals surface area (Å²) in [7, 11) is 0. The Morgan fingerprint density at radius 3 is 3.00 bits per heavy atom. The Balaban J connectivity index is 2.44. The van der Waals surface area contributed by atoms with Gasteiger partial charge < -0.3 is 0 Å². The maximum absolute atomic E-state index is 4.33. The van der Waals surface area contributed by atoms with Crippen LogP contribution in [0.1, 0.15) is 12.5 Å². The van der Waals surface area contributed by atoms with Crippen molar-refractivity contribution in [1.29, 1.82) is 0 Å². The molecule has 0 saturated carbocycles. The molecule has 0 amide bonds. The van der Waals surface area contributed by atoms with E-state index in [1.807, 2.05) is 5.51 Å². The SMILES string of the molecule is CCc1ccc2c(ccc3ncsc32)c1. The van der Waals surface area contributed by atoms with Crippen LogP contribution in [0.3, 0.4) is 0 Å². The van der Waals surface area contributed by atoms with E-state index < -0.39 is 0 Å². The Bertz CT molecular complexity index is 625. The summed E-state index contributed by atoms with van der Waals surface area (Å²) in [5.41, 5.74) is 4.42. The number of nitrogens with zero attached hydrogens (tertiary/aromatic N) is 1. The first kappa shape index (κ1) is 8.86. The lowest BCUT2D eigenvalue weighted by atomic mass is 10.1. The van der Waals surface area contributed by atoms with E-state index in [1.54, 1.807) is 11.3 Å². The van der Waals surface area contributed by atoms with Crippen LogP contribution in [0.4, 0.5) is 0 Å². The van der Waals surface area contributed by atoms with Crippen molar-refractivity contribution in [3.8, 4) is 0 Å². The Kier molecular flexibility index (Phi) is 1.96. The van der Waals surface area contributed by atoms with Crippen molar-refractivity contribution in [1.82, 2.24) is 4.98 Å². The molecular formula is C13H11NS. The maximum atomic E-state index is 4.33. The molecule has 0 aliphatic heterocycles.